The lowest BCUT2D eigenvalue weighted by Crippen LogP contribution is -2.15. The second kappa shape index (κ2) is 5.46. The van der Waals surface area contributed by atoms with Crippen LogP contribution in [0.3, 0.4) is 0 Å². The van der Waals surface area contributed by atoms with Crippen molar-refractivity contribution in [3.8, 4) is 5.75 Å². The maximum absolute atomic E-state index is 10.8. The predicted molar refractivity (Wildman–Crippen MR) is 67.3 cm³/mol. The molecule has 0 radical (unpaired) electrons. The third-order valence-corrected chi connectivity index (χ3v) is 3.25. The Morgan fingerprint density at radius 1 is 1.59 bits per heavy atom. The zero-order valence-corrected chi connectivity index (χ0v) is 10.8. The number of nitro groups is 1. The molecular weight excluding hydrogens is 288 g/mol. The predicted octanol–water partition coefficient (Wildman–Crippen LogP) is 2.35. The minimum absolute atomic E-state index is 0.0131. The second-order valence-corrected chi connectivity index (χ2v) is 4.95. The Morgan fingerprint density at radius 2 is 2.41 bits per heavy atom. The van der Waals surface area contributed by atoms with Gasteiger partial charge < -0.3 is 10.1 Å². The van der Waals surface area contributed by atoms with Gasteiger partial charge in [-0.2, -0.15) is 0 Å². The number of nitrogens with zero attached hydrogens (tertiary/aromatic N) is 1. The Hall–Kier alpha value is -1.14. The zero-order chi connectivity index (χ0) is 12.3. The summed E-state index contributed by atoms with van der Waals surface area (Å²) in [6.45, 7) is 2.43. The van der Waals surface area contributed by atoms with E-state index in [1.165, 1.54) is 6.07 Å². The largest absolute Gasteiger partial charge is 0.486 e. The third-order valence-electron chi connectivity index (χ3n) is 2.76. The van der Waals surface area contributed by atoms with Crippen LogP contribution in [0.5, 0.6) is 5.75 Å². The van der Waals surface area contributed by atoms with Crippen molar-refractivity contribution in [3.05, 3.63) is 32.8 Å². The lowest BCUT2D eigenvalue weighted by molar-refractivity contribution is -0.385. The fourth-order valence-electron chi connectivity index (χ4n) is 1.82. The van der Waals surface area contributed by atoms with E-state index in [0.29, 0.717) is 18.3 Å². The first-order valence-corrected chi connectivity index (χ1v) is 6.23. The van der Waals surface area contributed by atoms with Crippen LogP contribution in [0.15, 0.2) is 22.7 Å². The Kier molecular flexibility index (Phi) is 3.96. The van der Waals surface area contributed by atoms with Crippen LogP contribution >= 0.6 is 15.9 Å². The van der Waals surface area contributed by atoms with E-state index in [2.05, 4.69) is 21.2 Å². The first-order chi connectivity index (χ1) is 8.16. The molecule has 0 spiro atoms. The molecule has 1 saturated heterocycles. The summed E-state index contributed by atoms with van der Waals surface area (Å²) in [5, 5.41) is 14.1. The van der Waals surface area contributed by atoms with Crippen LogP contribution in [-0.2, 0) is 0 Å². The fourth-order valence-corrected chi connectivity index (χ4v) is 2.16. The highest BCUT2D eigenvalue weighted by atomic mass is 79.9. The van der Waals surface area contributed by atoms with Crippen LogP contribution in [0.1, 0.15) is 6.42 Å². The van der Waals surface area contributed by atoms with Crippen molar-refractivity contribution in [2.75, 3.05) is 19.7 Å². The summed E-state index contributed by atoms with van der Waals surface area (Å²) in [6, 6.07) is 4.73. The number of nitrogens with one attached hydrogen (secondary N) is 1. The van der Waals surface area contributed by atoms with E-state index in [-0.39, 0.29) is 5.69 Å². The topological polar surface area (TPSA) is 64.4 Å². The van der Waals surface area contributed by atoms with Gasteiger partial charge >= 0.3 is 5.69 Å². The lowest BCUT2D eigenvalue weighted by Gasteiger charge is -2.11. The highest BCUT2D eigenvalue weighted by Crippen LogP contribution is 2.30. The van der Waals surface area contributed by atoms with Crippen molar-refractivity contribution in [2.45, 2.75) is 6.42 Å². The van der Waals surface area contributed by atoms with Crippen LogP contribution in [0.25, 0.3) is 0 Å². The number of rotatable bonds is 4. The maximum Gasteiger partial charge on any atom is 0.310 e. The Labute approximate surface area is 107 Å². The number of hydrogen-bond acceptors (Lipinski definition) is 4. The normalized spacial score (nSPS) is 19.2. The van der Waals surface area contributed by atoms with Gasteiger partial charge in [0.25, 0.3) is 0 Å². The van der Waals surface area contributed by atoms with Crippen molar-refractivity contribution >= 4 is 21.6 Å². The molecule has 0 bridgehead atoms. The quantitative estimate of drug-likeness (QED) is 0.685. The molecule has 1 heterocycles. The maximum atomic E-state index is 10.8. The average molecular weight is 301 g/mol. The summed E-state index contributed by atoms with van der Waals surface area (Å²) >= 11 is 3.28. The number of nitro benzene ring substituents is 1. The number of benzene rings is 1. The standard InChI is InChI=1S/C11H13BrN2O3/c12-9-1-2-10(14(15)16)11(5-9)17-7-8-3-4-13-6-8/h1-2,5,8,13H,3-4,6-7H2. The van der Waals surface area contributed by atoms with Crippen LogP contribution in [0.2, 0.25) is 0 Å². The van der Waals surface area contributed by atoms with Gasteiger partial charge in [-0.15, -0.1) is 0 Å². The molecule has 5 nitrogen and oxygen atoms in total. The van der Waals surface area contributed by atoms with Crippen LogP contribution < -0.4 is 10.1 Å². The van der Waals surface area contributed by atoms with Gasteiger partial charge in [0.1, 0.15) is 0 Å². The molecule has 0 aliphatic carbocycles. The Morgan fingerprint density at radius 3 is 3.06 bits per heavy atom. The molecule has 0 amide bonds. The van der Waals surface area contributed by atoms with Gasteiger partial charge in [-0.3, -0.25) is 10.1 Å². The second-order valence-electron chi connectivity index (χ2n) is 4.04. The smallest absolute Gasteiger partial charge is 0.310 e. The summed E-state index contributed by atoms with van der Waals surface area (Å²) < 4.78 is 6.33. The van der Waals surface area contributed by atoms with Gasteiger partial charge in [0.05, 0.1) is 11.5 Å². The molecule has 17 heavy (non-hydrogen) atoms. The van der Waals surface area contributed by atoms with E-state index >= 15 is 0 Å². The van der Waals surface area contributed by atoms with Gasteiger partial charge in [0.15, 0.2) is 5.75 Å². The first kappa shape index (κ1) is 12.3. The fraction of sp³-hybridized carbons (Fsp3) is 0.455. The molecule has 0 saturated carbocycles. The van der Waals surface area contributed by atoms with Gasteiger partial charge in [0, 0.05) is 29.1 Å². The molecule has 1 aromatic carbocycles. The molecule has 1 aliphatic rings. The molecule has 92 valence electrons. The van der Waals surface area contributed by atoms with Crippen molar-refractivity contribution in [2.24, 2.45) is 5.92 Å². The van der Waals surface area contributed by atoms with E-state index in [9.17, 15) is 10.1 Å². The van der Waals surface area contributed by atoms with Crippen molar-refractivity contribution in [1.82, 2.24) is 5.32 Å². The van der Waals surface area contributed by atoms with Crippen LogP contribution in [0.4, 0.5) is 5.69 Å². The van der Waals surface area contributed by atoms with Crippen molar-refractivity contribution in [1.29, 1.82) is 0 Å². The zero-order valence-electron chi connectivity index (χ0n) is 9.19. The highest BCUT2D eigenvalue weighted by Gasteiger charge is 2.19. The van der Waals surface area contributed by atoms with Crippen molar-refractivity contribution in [3.63, 3.8) is 0 Å². The lowest BCUT2D eigenvalue weighted by atomic mass is 10.1. The van der Waals surface area contributed by atoms with Crippen LogP contribution in [-0.4, -0.2) is 24.6 Å². The van der Waals surface area contributed by atoms with E-state index in [0.717, 1.165) is 24.0 Å². The monoisotopic (exact) mass is 300 g/mol. The molecule has 1 fully saturated rings. The molecule has 1 aliphatic heterocycles. The summed E-state index contributed by atoms with van der Waals surface area (Å²) in [6.07, 6.45) is 1.06. The minimum atomic E-state index is -0.422. The minimum Gasteiger partial charge on any atom is -0.486 e. The number of ether oxygens (including phenoxy) is 1. The highest BCUT2D eigenvalue weighted by molar-refractivity contribution is 9.10. The van der Waals surface area contributed by atoms with E-state index in [1.807, 2.05) is 0 Å². The third kappa shape index (κ3) is 3.17. The van der Waals surface area contributed by atoms with Gasteiger partial charge in [-0.1, -0.05) is 15.9 Å². The van der Waals surface area contributed by atoms with Crippen molar-refractivity contribution < 1.29 is 9.66 Å². The molecule has 1 aromatic rings. The molecule has 1 atom stereocenters. The van der Waals surface area contributed by atoms with E-state index < -0.39 is 4.92 Å². The van der Waals surface area contributed by atoms with Gasteiger partial charge in [0.2, 0.25) is 0 Å². The molecule has 2 rings (SSSR count). The molecule has 6 heteroatoms. The molecule has 1 N–H and O–H groups in total. The van der Waals surface area contributed by atoms with Crippen LogP contribution in [0, 0.1) is 16.0 Å². The Balaban J connectivity index is 2.07. The SMILES string of the molecule is O=[N+]([O-])c1ccc(Br)cc1OCC1CCNC1. The Bertz CT molecular complexity index is 419. The van der Waals surface area contributed by atoms with Gasteiger partial charge in [-0.05, 0) is 19.0 Å². The van der Waals surface area contributed by atoms with E-state index in [4.69, 9.17) is 4.74 Å². The average Bonchev–Trinajstić information content (AvgIpc) is 2.78. The van der Waals surface area contributed by atoms with E-state index in [1.54, 1.807) is 12.1 Å². The van der Waals surface area contributed by atoms with Gasteiger partial charge in [-0.25, -0.2) is 0 Å². The summed E-state index contributed by atoms with van der Waals surface area (Å²) in [7, 11) is 0. The number of halogens is 1. The first-order valence-electron chi connectivity index (χ1n) is 5.44. The summed E-state index contributed by atoms with van der Waals surface area (Å²) in [5.41, 5.74) is 0.0131. The molecule has 0 aromatic heterocycles. The molecule has 1 unspecified atom stereocenters. The summed E-state index contributed by atoms with van der Waals surface area (Å²) in [5.74, 6) is 0.768. The molecular formula is C11H13BrN2O3. The summed E-state index contributed by atoms with van der Waals surface area (Å²) in [4.78, 5) is 10.4. The number of hydrogen-bond donors (Lipinski definition) is 1.